The van der Waals surface area contributed by atoms with Crippen LogP contribution in [0.15, 0.2) is 43.0 Å². The first kappa shape index (κ1) is 53.0. The van der Waals surface area contributed by atoms with Crippen molar-refractivity contribution >= 4 is 29.7 Å². The Labute approximate surface area is 376 Å². The number of aromatic nitrogens is 6. The molecule has 3 aromatic rings. The predicted octanol–water partition coefficient (Wildman–Crippen LogP) is -3.10. The van der Waals surface area contributed by atoms with Gasteiger partial charge in [0.05, 0.1) is 39.6 Å². The van der Waals surface area contributed by atoms with Crippen LogP contribution in [0.1, 0.15) is 45.5 Å². The molecule has 3 aliphatic rings. The van der Waals surface area contributed by atoms with E-state index in [-0.39, 0.29) is 57.9 Å². The first-order valence-corrected chi connectivity index (χ1v) is 20.0. The maximum absolute atomic E-state index is 12.0. The number of carboxylic acid groups (broad SMARTS) is 1. The maximum Gasteiger partial charge on any atom is 0.332 e. The zero-order valence-corrected chi connectivity index (χ0v) is 36.1. The second-order valence-corrected chi connectivity index (χ2v) is 13.8. The van der Waals surface area contributed by atoms with E-state index in [4.69, 9.17) is 63.9 Å². The van der Waals surface area contributed by atoms with Gasteiger partial charge in [-0.2, -0.15) is 0 Å². The molecule has 0 aliphatic carbocycles. The van der Waals surface area contributed by atoms with E-state index in [1.807, 2.05) is 30.3 Å². The lowest BCUT2D eigenvalue weighted by Crippen LogP contribution is -2.34. The van der Waals surface area contributed by atoms with Gasteiger partial charge in [-0.05, 0) is 0 Å². The number of amides is 2. The summed E-state index contributed by atoms with van der Waals surface area (Å²) in [6.45, 7) is 0.917. The molecule has 0 saturated carbocycles. The number of nitrogens with zero attached hydrogens (tertiary/aromatic N) is 6. The Hall–Kier alpha value is -5.63. The van der Waals surface area contributed by atoms with Crippen LogP contribution in [0.2, 0.25) is 0 Å². The van der Waals surface area contributed by atoms with Gasteiger partial charge in [-0.1, -0.05) is 30.3 Å². The zero-order chi connectivity index (χ0) is 48.0. The van der Waals surface area contributed by atoms with Gasteiger partial charge in [-0.15, -0.1) is 10.2 Å². The van der Waals surface area contributed by atoms with E-state index in [1.54, 1.807) is 7.11 Å². The van der Waals surface area contributed by atoms with Crippen molar-refractivity contribution in [2.75, 3.05) is 94.0 Å². The topological polar surface area (TPSA) is 370 Å². The highest BCUT2D eigenvalue weighted by molar-refractivity contribution is 5.88. The number of esters is 2. The van der Waals surface area contributed by atoms with Gasteiger partial charge < -0.3 is 83.6 Å². The molecule has 3 unspecified atom stereocenters. The number of hydrogen-bond donors (Lipinski definition) is 5. The monoisotopic (exact) mass is 942 g/mol. The molecule has 7 N–H and O–H groups in total. The summed E-state index contributed by atoms with van der Waals surface area (Å²) < 4.78 is 65.3. The average Bonchev–Trinajstić information content (AvgIpc) is 4.16. The first-order chi connectivity index (χ1) is 31.8. The van der Waals surface area contributed by atoms with Gasteiger partial charge in [0.1, 0.15) is 82.3 Å². The number of primary amides is 2. The molecule has 366 valence electrons. The van der Waals surface area contributed by atoms with Crippen LogP contribution in [-0.2, 0) is 71.2 Å². The number of nitrogens with two attached hydrogens (primary N) is 2. The number of methoxy groups -OCH3 is 3. The van der Waals surface area contributed by atoms with Crippen molar-refractivity contribution in [3.8, 4) is 0 Å². The van der Waals surface area contributed by atoms with Gasteiger partial charge in [-0.3, -0.25) is 9.59 Å². The third-order valence-electron chi connectivity index (χ3n) is 9.01. The summed E-state index contributed by atoms with van der Waals surface area (Å²) in [5, 5.41) is 35.9. The Balaban J connectivity index is 0.000000249. The minimum absolute atomic E-state index is 0.0770. The normalized spacial score (nSPS) is 24.0. The van der Waals surface area contributed by atoms with Crippen LogP contribution in [0.3, 0.4) is 0 Å². The Bertz CT molecular complexity index is 1960. The third-order valence-corrected chi connectivity index (χ3v) is 9.01. The van der Waals surface area contributed by atoms with Gasteiger partial charge in [0, 0.05) is 26.9 Å². The molecular weight excluding hydrogens is 888 g/mol. The Morgan fingerprint density at radius 2 is 1.09 bits per heavy atom. The number of hydrogen-bond acceptors (Lipinski definition) is 23. The number of aliphatic hydroxyl groups excluding tert-OH is 2. The van der Waals surface area contributed by atoms with Gasteiger partial charge in [0.2, 0.25) is 11.6 Å². The molecule has 0 radical (unpaired) electrons. The molecule has 2 aromatic heterocycles. The second kappa shape index (κ2) is 27.8. The summed E-state index contributed by atoms with van der Waals surface area (Å²) in [4.78, 5) is 63.2. The number of carbonyl (C=O) groups excluding carboxylic acids is 4. The lowest BCUT2D eigenvalue weighted by atomic mass is 10.1. The van der Waals surface area contributed by atoms with Gasteiger partial charge in [0.25, 0.3) is 11.8 Å². The Morgan fingerprint density at radius 3 is 1.58 bits per heavy atom. The molecule has 3 saturated heterocycles. The Morgan fingerprint density at radius 1 is 0.621 bits per heavy atom. The largest absolute Gasteiger partial charge is 0.480 e. The number of carboxylic acids is 1. The smallest absolute Gasteiger partial charge is 0.332 e. The van der Waals surface area contributed by atoms with Crippen molar-refractivity contribution in [2.45, 2.75) is 55.4 Å². The quantitative estimate of drug-likeness (QED) is 0.0438. The van der Waals surface area contributed by atoms with Gasteiger partial charge in [-0.25, -0.2) is 33.7 Å². The molecule has 9 atom stereocenters. The van der Waals surface area contributed by atoms with Gasteiger partial charge >= 0.3 is 17.9 Å². The second-order valence-electron chi connectivity index (χ2n) is 13.8. The highest BCUT2D eigenvalue weighted by atomic mass is 16.8. The molecule has 2 amide bonds. The minimum Gasteiger partial charge on any atom is -0.480 e. The fraction of sp³-hybridized carbons (Fsp3) is 0.605. The van der Waals surface area contributed by atoms with Crippen molar-refractivity contribution in [1.82, 2.24) is 29.5 Å². The maximum atomic E-state index is 12.0. The van der Waals surface area contributed by atoms with Gasteiger partial charge in [0.15, 0.2) is 18.7 Å². The molecule has 1 aromatic carbocycles. The van der Waals surface area contributed by atoms with E-state index in [9.17, 15) is 34.2 Å². The standard InChI is InChI=1S/C20H24N4O8.C13H20N4O8.C5H10O4/c1-27-7-8-28-10-14(25)29-9-13-15-16(32-20(31-15)12-5-3-2-4-6-12)19(30-13)24-11-22-18(23-24)17(21)26;1-22-2-3-23-5-8(18)24-4-7-9(19)10(20)13(25-7)17-6-15-12(16-17)11(14)21;1-8-2-3-9-4-5(6)7/h2-6,11,13,15-16,19-20H,7-10H2,1H3,(H2,21,26);6-7,9-10,13,19-20H,2-5H2,1H3,(H2,14,21);2-4H2,1H3,(H,6,7)/t13-,15?,16-,19-,20?;7-,9?,10-,13-;/m11./s1. The van der Waals surface area contributed by atoms with Crippen molar-refractivity contribution in [1.29, 1.82) is 0 Å². The van der Waals surface area contributed by atoms with Crippen LogP contribution in [0.4, 0.5) is 0 Å². The number of aliphatic carboxylic acids is 1. The summed E-state index contributed by atoms with van der Waals surface area (Å²) in [5.74, 6) is -4.15. The van der Waals surface area contributed by atoms with Crippen molar-refractivity contribution < 1.29 is 96.1 Å². The fourth-order valence-electron chi connectivity index (χ4n) is 5.89. The molecule has 5 heterocycles. The predicted molar refractivity (Wildman–Crippen MR) is 213 cm³/mol. The number of fused-ring (bicyclic) bond motifs is 1. The van der Waals surface area contributed by atoms with Crippen LogP contribution in [0, 0.1) is 0 Å². The van der Waals surface area contributed by atoms with E-state index >= 15 is 0 Å². The molecular formula is C38H54N8O20. The fourth-order valence-corrected chi connectivity index (χ4v) is 5.89. The average molecular weight is 943 g/mol. The highest BCUT2D eigenvalue weighted by Gasteiger charge is 2.54. The third kappa shape index (κ3) is 16.4. The van der Waals surface area contributed by atoms with Crippen LogP contribution in [0.5, 0.6) is 0 Å². The summed E-state index contributed by atoms with van der Waals surface area (Å²) in [6.07, 6.45) is -5.44. The zero-order valence-electron chi connectivity index (χ0n) is 36.1. The van der Waals surface area contributed by atoms with Crippen LogP contribution in [0.25, 0.3) is 0 Å². The number of aliphatic hydroxyl groups is 2. The molecule has 3 aliphatic heterocycles. The van der Waals surface area contributed by atoms with E-state index in [0.29, 0.717) is 26.4 Å². The summed E-state index contributed by atoms with van der Waals surface area (Å²) in [6, 6.07) is 9.42. The summed E-state index contributed by atoms with van der Waals surface area (Å²) in [5.41, 5.74) is 11.1. The molecule has 6 rings (SSSR count). The van der Waals surface area contributed by atoms with Crippen LogP contribution < -0.4 is 11.5 Å². The number of rotatable bonds is 24. The van der Waals surface area contributed by atoms with E-state index < -0.39 is 85.1 Å². The molecule has 28 heteroatoms. The van der Waals surface area contributed by atoms with E-state index in [2.05, 4.69) is 29.6 Å². The summed E-state index contributed by atoms with van der Waals surface area (Å²) in [7, 11) is 4.58. The molecule has 0 spiro atoms. The minimum atomic E-state index is -1.36. The number of carbonyl (C=O) groups is 5. The number of benzene rings is 1. The molecule has 66 heavy (non-hydrogen) atoms. The lowest BCUT2D eigenvalue weighted by molar-refractivity contribution is -0.170. The van der Waals surface area contributed by atoms with Crippen LogP contribution in [-0.4, -0.2) is 205 Å². The highest BCUT2D eigenvalue weighted by Crippen LogP contribution is 2.44. The van der Waals surface area contributed by atoms with Crippen LogP contribution >= 0.6 is 0 Å². The van der Waals surface area contributed by atoms with E-state index in [1.165, 1.54) is 25.2 Å². The molecule has 0 bridgehead atoms. The Kier molecular flexibility index (Phi) is 22.3. The SMILES string of the molecule is COCCOCC(=O)O.COCCOCC(=O)OC[C@H]1O[C@@H](n2cnc(C(N)=O)n2)[C@@H]2OC(c3ccccc3)OC21.COCCOCC(=O)OC[C@H]1O[C@@H](n2cnc(C(N)=O)n2)[C@H](O)C1O. The summed E-state index contributed by atoms with van der Waals surface area (Å²) >= 11 is 0. The van der Waals surface area contributed by atoms with Crippen molar-refractivity contribution in [3.05, 3.63) is 60.2 Å². The number of ether oxygens (including phenoxy) is 12. The molecule has 28 nitrogen and oxygen atoms in total. The molecule has 3 fully saturated rings. The van der Waals surface area contributed by atoms with Crippen molar-refractivity contribution in [3.63, 3.8) is 0 Å². The first-order valence-electron chi connectivity index (χ1n) is 20.0. The van der Waals surface area contributed by atoms with E-state index in [0.717, 1.165) is 16.6 Å². The van der Waals surface area contributed by atoms with Crippen molar-refractivity contribution in [2.24, 2.45) is 11.5 Å². The lowest BCUT2D eigenvalue weighted by Gasteiger charge is -2.20.